The van der Waals surface area contributed by atoms with E-state index in [9.17, 15) is 13.6 Å². The molecule has 0 spiro atoms. The number of rotatable bonds is 4. The van der Waals surface area contributed by atoms with Crippen molar-refractivity contribution in [3.05, 3.63) is 83.4 Å². The highest BCUT2D eigenvalue weighted by molar-refractivity contribution is 6.07. The first-order valence-corrected chi connectivity index (χ1v) is 8.29. The Balaban J connectivity index is 1.50. The van der Waals surface area contributed by atoms with Gasteiger partial charge in [0.15, 0.2) is 0 Å². The summed E-state index contributed by atoms with van der Waals surface area (Å²) in [6.07, 6.45) is 0.217. The second kappa shape index (κ2) is 6.59. The number of amides is 1. The molecule has 0 unspecified atom stereocenters. The molecule has 0 aliphatic heterocycles. The van der Waals surface area contributed by atoms with Crippen molar-refractivity contribution in [1.29, 1.82) is 0 Å². The lowest BCUT2D eigenvalue weighted by Crippen LogP contribution is -2.24. The van der Waals surface area contributed by atoms with E-state index in [0.29, 0.717) is 5.56 Å². The van der Waals surface area contributed by atoms with Gasteiger partial charge in [-0.2, -0.15) is 0 Å². The molecular weight excluding hydrogens is 334 g/mol. The Morgan fingerprint density at radius 1 is 0.846 bits per heavy atom. The van der Waals surface area contributed by atoms with Crippen molar-refractivity contribution in [3.63, 3.8) is 0 Å². The van der Waals surface area contributed by atoms with Gasteiger partial charge in [-0.05, 0) is 47.5 Å². The molecule has 0 fully saturated rings. The molecule has 0 aliphatic rings. The van der Waals surface area contributed by atoms with Crippen molar-refractivity contribution in [1.82, 2.24) is 10.3 Å². The molecule has 0 saturated carbocycles. The summed E-state index contributed by atoms with van der Waals surface area (Å²) in [5.41, 5.74) is 3.28. The van der Waals surface area contributed by atoms with E-state index in [0.717, 1.165) is 27.4 Å². The number of fused-ring (bicyclic) bond motifs is 3. The Morgan fingerprint density at radius 2 is 1.69 bits per heavy atom. The molecule has 26 heavy (non-hydrogen) atoms. The van der Waals surface area contributed by atoms with Crippen molar-refractivity contribution in [2.45, 2.75) is 13.0 Å². The summed E-state index contributed by atoms with van der Waals surface area (Å²) in [6.45, 7) is 0.282. The zero-order valence-electron chi connectivity index (χ0n) is 13.9. The molecule has 2 N–H and O–H groups in total. The summed E-state index contributed by atoms with van der Waals surface area (Å²) < 4.78 is 26.6. The molecule has 4 aromatic rings. The van der Waals surface area contributed by atoms with Crippen molar-refractivity contribution in [2.75, 3.05) is 0 Å². The lowest BCUT2D eigenvalue weighted by atomic mass is 10.1. The Bertz CT molecular complexity index is 1120. The standard InChI is InChI=1S/C21H16F2N2O/c22-15-3-1-2-14(8-15)12-24-21(26)10-13-4-6-17-18-11-16(23)5-7-19(18)25-20(17)9-13/h1-9,11,25H,10,12H2,(H,24,26). The van der Waals surface area contributed by atoms with Gasteiger partial charge in [-0.15, -0.1) is 0 Å². The van der Waals surface area contributed by atoms with E-state index in [4.69, 9.17) is 0 Å². The maximum Gasteiger partial charge on any atom is 0.224 e. The van der Waals surface area contributed by atoms with Crippen LogP contribution < -0.4 is 5.32 Å². The normalized spacial score (nSPS) is 11.2. The number of aromatic amines is 1. The van der Waals surface area contributed by atoms with Gasteiger partial charge in [0, 0.05) is 28.4 Å². The van der Waals surface area contributed by atoms with Crippen LogP contribution in [-0.4, -0.2) is 10.9 Å². The second-order valence-corrected chi connectivity index (χ2v) is 6.28. The third kappa shape index (κ3) is 3.28. The lowest BCUT2D eigenvalue weighted by molar-refractivity contribution is -0.120. The van der Waals surface area contributed by atoms with E-state index in [2.05, 4.69) is 10.3 Å². The van der Waals surface area contributed by atoms with E-state index in [1.807, 2.05) is 18.2 Å². The molecule has 0 saturated heterocycles. The van der Waals surface area contributed by atoms with Crippen LogP contribution in [0.4, 0.5) is 8.78 Å². The van der Waals surface area contributed by atoms with Gasteiger partial charge in [-0.1, -0.05) is 24.3 Å². The first-order chi connectivity index (χ1) is 12.6. The van der Waals surface area contributed by atoms with Crippen LogP contribution in [0.25, 0.3) is 21.8 Å². The molecule has 130 valence electrons. The first kappa shape index (κ1) is 16.3. The fraction of sp³-hybridized carbons (Fsp3) is 0.0952. The minimum atomic E-state index is -0.322. The highest BCUT2D eigenvalue weighted by atomic mass is 19.1. The number of carbonyl (C=O) groups is 1. The van der Waals surface area contributed by atoms with Crippen molar-refractivity contribution in [3.8, 4) is 0 Å². The monoisotopic (exact) mass is 350 g/mol. The zero-order chi connectivity index (χ0) is 18.1. The minimum Gasteiger partial charge on any atom is -0.354 e. The number of H-pyrrole nitrogens is 1. The van der Waals surface area contributed by atoms with Gasteiger partial charge in [0.05, 0.1) is 6.42 Å². The third-order valence-corrected chi connectivity index (χ3v) is 4.37. The Labute approximate surface area is 148 Å². The van der Waals surface area contributed by atoms with Crippen LogP contribution in [0.1, 0.15) is 11.1 Å². The van der Waals surface area contributed by atoms with E-state index in [-0.39, 0.29) is 30.5 Å². The quantitative estimate of drug-likeness (QED) is 0.561. The van der Waals surface area contributed by atoms with Gasteiger partial charge < -0.3 is 10.3 Å². The Hall–Kier alpha value is -3.21. The molecular formula is C21H16F2N2O. The van der Waals surface area contributed by atoms with Crippen molar-refractivity contribution >= 4 is 27.7 Å². The Kier molecular flexibility index (Phi) is 4.13. The maximum absolute atomic E-state index is 13.5. The summed E-state index contributed by atoms with van der Waals surface area (Å²) in [4.78, 5) is 15.4. The molecule has 4 rings (SSSR count). The fourth-order valence-corrected chi connectivity index (χ4v) is 3.13. The van der Waals surface area contributed by atoms with Gasteiger partial charge in [0.2, 0.25) is 5.91 Å². The van der Waals surface area contributed by atoms with E-state index in [1.165, 1.54) is 24.3 Å². The number of halogens is 2. The average Bonchev–Trinajstić information content (AvgIpc) is 2.97. The number of hydrogen-bond acceptors (Lipinski definition) is 1. The van der Waals surface area contributed by atoms with E-state index < -0.39 is 0 Å². The van der Waals surface area contributed by atoms with Gasteiger partial charge in [-0.3, -0.25) is 4.79 Å². The van der Waals surface area contributed by atoms with Crippen LogP contribution in [0.15, 0.2) is 60.7 Å². The first-order valence-electron chi connectivity index (χ1n) is 8.29. The number of nitrogens with one attached hydrogen (secondary N) is 2. The molecule has 0 atom stereocenters. The summed E-state index contributed by atoms with van der Waals surface area (Å²) in [6, 6.07) is 16.4. The number of benzene rings is 3. The second-order valence-electron chi connectivity index (χ2n) is 6.28. The molecule has 1 aromatic heterocycles. The van der Waals surface area contributed by atoms with Crippen LogP contribution in [0.5, 0.6) is 0 Å². The molecule has 3 nitrogen and oxygen atoms in total. The largest absolute Gasteiger partial charge is 0.354 e. The smallest absolute Gasteiger partial charge is 0.224 e. The van der Waals surface area contributed by atoms with Gasteiger partial charge >= 0.3 is 0 Å². The number of hydrogen-bond donors (Lipinski definition) is 2. The third-order valence-electron chi connectivity index (χ3n) is 4.37. The molecule has 0 bridgehead atoms. The van der Waals surface area contributed by atoms with Crippen LogP contribution in [0.2, 0.25) is 0 Å². The highest BCUT2D eigenvalue weighted by Crippen LogP contribution is 2.26. The van der Waals surface area contributed by atoms with Gasteiger partial charge in [0.25, 0.3) is 0 Å². The minimum absolute atomic E-state index is 0.143. The molecule has 0 radical (unpaired) electrons. The van der Waals surface area contributed by atoms with Crippen LogP contribution in [-0.2, 0) is 17.8 Å². The van der Waals surface area contributed by atoms with Crippen LogP contribution in [0.3, 0.4) is 0 Å². The highest BCUT2D eigenvalue weighted by Gasteiger charge is 2.09. The van der Waals surface area contributed by atoms with Crippen molar-refractivity contribution < 1.29 is 13.6 Å². The number of aromatic nitrogens is 1. The van der Waals surface area contributed by atoms with E-state index in [1.54, 1.807) is 18.2 Å². The van der Waals surface area contributed by atoms with Crippen molar-refractivity contribution in [2.24, 2.45) is 0 Å². The molecule has 5 heteroatoms. The maximum atomic E-state index is 13.5. The van der Waals surface area contributed by atoms with Gasteiger partial charge in [-0.25, -0.2) is 8.78 Å². The summed E-state index contributed by atoms with van der Waals surface area (Å²) in [5, 5.41) is 4.53. The summed E-state index contributed by atoms with van der Waals surface area (Å²) in [7, 11) is 0. The van der Waals surface area contributed by atoms with Crippen LogP contribution >= 0.6 is 0 Å². The Morgan fingerprint density at radius 3 is 2.54 bits per heavy atom. The fourth-order valence-electron chi connectivity index (χ4n) is 3.13. The van der Waals surface area contributed by atoms with E-state index >= 15 is 0 Å². The predicted octanol–water partition coefficient (Wildman–Crippen LogP) is 4.46. The van der Waals surface area contributed by atoms with Crippen LogP contribution in [0, 0.1) is 11.6 Å². The predicted molar refractivity (Wildman–Crippen MR) is 97.7 cm³/mol. The van der Waals surface area contributed by atoms with Gasteiger partial charge in [0.1, 0.15) is 11.6 Å². The summed E-state index contributed by atoms with van der Waals surface area (Å²) in [5.74, 6) is -0.743. The number of carbonyl (C=O) groups excluding carboxylic acids is 1. The molecule has 0 aliphatic carbocycles. The average molecular weight is 350 g/mol. The zero-order valence-corrected chi connectivity index (χ0v) is 13.9. The molecule has 1 amide bonds. The molecule has 3 aromatic carbocycles. The summed E-state index contributed by atoms with van der Waals surface area (Å²) >= 11 is 0. The topological polar surface area (TPSA) is 44.9 Å². The lowest BCUT2D eigenvalue weighted by Gasteiger charge is -2.06. The molecule has 1 heterocycles. The SMILES string of the molecule is O=C(Cc1ccc2c(c1)[nH]c1ccc(F)cc12)NCc1cccc(F)c1.